The van der Waals surface area contributed by atoms with Gasteiger partial charge in [0.15, 0.2) is 5.13 Å². The van der Waals surface area contributed by atoms with Crippen LogP contribution in [0.2, 0.25) is 0 Å². The number of rotatable bonds is 4. The minimum Gasteiger partial charge on any atom is -0.469 e. The number of nitrogens with zero attached hydrogens (tertiary/aromatic N) is 1. The summed E-state index contributed by atoms with van der Waals surface area (Å²) >= 11 is 5.12. The van der Waals surface area contributed by atoms with Crippen molar-refractivity contribution in [1.29, 1.82) is 0 Å². The highest BCUT2D eigenvalue weighted by Crippen LogP contribution is 2.28. The monoisotopic (exact) mass is 322 g/mol. The molecular formula is C13H11BrN2OS. The summed E-state index contributed by atoms with van der Waals surface area (Å²) in [6.45, 7) is 0.828. The van der Waals surface area contributed by atoms with E-state index in [0.29, 0.717) is 0 Å². The van der Waals surface area contributed by atoms with E-state index in [0.717, 1.165) is 33.8 Å². The quantitative estimate of drug-likeness (QED) is 0.778. The van der Waals surface area contributed by atoms with Crippen molar-refractivity contribution in [3.63, 3.8) is 0 Å². The summed E-state index contributed by atoms with van der Waals surface area (Å²) in [4.78, 5) is 4.54. The Kier molecular flexibility index (Phi) is 3.34. The molecule has 1 N–H and O–H groups in total. The fourth-order valence-electron chi connectivity index (χ4n) is 1.72. The van der Waals surface area contributed by atoms with Crippen LogP contribution < -0.4 is 5.32 Å². The number of aromatic nitrogens is 1. The minimum absolute atomic E-state index is 0.828. The molecule has 2 aromatic heterocycles. The highest BCUT2D eigenvalue weighted by atomic mass is 79.9. The third-order valence-electron chi connectivity index (χ3n) is 2.58. The van der Waals surface area contributed by atoms with E-state index in [-0.39, 0.29) is 0 Å². The van der Waals surface area contributed by atoms with Crippen molar-refractivity contribution in [1.82, 2.24) is 4.98 Å². The van der Waals surface area contributed by atoms with Crippen molar-refractivity contribution in [3.8, 4) is 0 Å². The van der Waals surface area contributed by atoms with Crippen molar-refractivity contribution >= 4 is 42.6 Å². The lowest BCUT2D eigenvalue weighted by Gasteiger charge is -1.99. The zero-order chi connectivity index (χ0) is 12.4. The van der Waals surface area contributed by atoms with E-state index in [4.69, 9.17) is 4.42 Å². The molecule has 0 spiro atoms. The van der Waals surface area contributed by atoms with Crippen LogP contribution in [0.3, 0.4) is 0 Å². The number of hydrogen-bond acceptors (Lipinski definition) is 4. The lowest BCUT2D eigenvalue weighted by molar-refractivity contribution is 0.513. The third-order valence-corrected chi connectivity index (χ3v) is 4.06. The molecule has 0 saturated carbocycles. The van der Waals surface area contributed by atoms with Crippen LogP contribution in [-0.2, 0) is 6.42 Å². The van der Waals surface area contributed by atoms with Crippen LogP contribution in [0.15, 0.2) is 45.5 Å². The Balaban J connectivity index is 1.67. The van der Waals surface area contributed by atoms with Crippen LogP contribution in [0, 0.1) is 0 Å². The first kappa shape index (κ1) is 11.7. The smallest absolute Gasteiger partial charge is 0.183 e. The van der Waals surface area contributed by atoms with Crippen LogP contribution in [0.1, 0.15) is 5.76 Å². The molecule has 0 radical (unpaired) electrons. The van der Waals surface area contributed by atoms with Crippen LogP contribution in [0.5, 0.6) is 0 Å². The van der Waals surface area contributed by atoms with Gasteiger partial charge in [-0.25, -0.2) is 4.98 Å². The zero-order valence-electron chi connectivity index (χ0n) is 9.52. The van der Waals surface area contributed by atoms with Crippen molar-refractivity contribution in [2.24, 2.45) is 0 Å². The maximum Gasteiger partial charge on any atom is 0.183 e. The molecule has 0 amide bonds. The highest BCUT2D eigenvalue weighted by Gasteiger charge is 2.04. The van der Waals surface area contributed by atoms with Crippen molar-refractivity contribution < 1.29 is 4.42 Å². The van der Waals surface area contributed by atoms with E-state index in [9.17, 15) is 0 Å². The molecule has 18 heavy (non-hydrogen) atoms. The maximum absolute atomic E-state index is 5.28. The van der Waals surface area contributed by atoms with E-state index < -0.39 is 0 Å². The van der Waals surface area contributed by atoms with Gasteiger partial charge in [-0.2, -0.15) is 0 Å². The summed E-state index contributed by atoms with van der Waals surface area (Å²) in [5.41, 5.74) is 1.02. The predicted molar refractivity (Wildman–Crippen MR) is 78.2 cm³/mol. The summed E-state index contributed by atoms with van der Waals surface area (Å²) in [5, 5.41) is 4.28. The number of anilines is 1. The Morgan fingerprint density at radius 2 is 2.28 bits per heavy atom. The first-order valence-corrected chi connectivity index (χ1v) is 7.24. The van der Waals surface area contributed by atoms with Gasteiger partial charge in [0, 0.05) is 17.4 Å². The van der Waals surface area contributed by atoms with E-state index >= 15 is 0 Å². The van der Waals surface area contributed by atoms with Crippen LogP contribution in [0.25, 0.3) is 10.2 Å². The largest absolute Gasteiger partial charge is 0.469 e. The first-order valence-electron chi connectivity index (χ1n) is 5.63. The number of furan rings is 1. The van der Waals surface area contributed by atoms with Crippen molar-refractivity contribution in [2.45, 2.75) is 6.42 Å². The Morgan fingerprint density at radius 3 is 3.11 bits per heavy atom. The molecule has 0 aliphatic rings. The fraction of sp³-hybridized carbons (Fsp3) is 0.154. The zero-order valence-corrected chi connectivity index (χ0v) is 11.9. The Hall–Kier alpha value is -1.33. The number of thiazole rings is 1. The van der Waals surface area contributed by atoms with Gasteiger partial charge in [0.05, 0.1) is 16.5 Å². The van der Waals surface area contributed by atoms with Gasteiger partial charge in [0.25, 0.3) is 0 Å². The number of nitrogens with one attached hydrogen (secondary N) is 1. The van der Waals surface area contributed by atoms with Gasteiger partial charge in [-0.1, -0.05) is 27.3 Å². The molecule has 0 bridgehead atoms. The molecular weight excluding hydrogens is 312 g/mol. The van der Waals surface area contributed by atoms with Gasteiger partial charge in [-0.05, 0) is 30.3 Å². The summed E-state index contributed by atoms with van der Waals surface area (Å²) in [6, 6.07) is 10.0. The van der Waals surface area contributed by atoms with E-state index in [2.05, 4.69) is 32.3 Å². The maximum atomic E-state index is 5.28. The van der Waals surface area contributed by atoms with Crippen LogP contribution in [-0.4, -0.2) is 11.5 Å². The standard InChI is InChI=1S/C13H11BrN2OS/c14-9-3-4-12-11(8-9)16-13(18-12)15-6-5-10-2-1-7-17-10/h1-4,7-8H,5-6H2,(H,15,16). The number of halogens is 1. The third kappa shape index (κ3) is 2.57. The second-order valence-electron chi connectivity index (χ2n) is 3.89. The second kappa shape index (κ2) is 5.12. The minimum atomic E-state index is 0.828. The summed E-state index contributed by atoms with van der Waals surface area (Å²) in [6.07, 6.45) is 2.57. The van der Waals surface area contributed by atoms with Crippen molar-refractivity contribution in [2.75, 3.05) is 11.9 Å². The second-order valence-corrected chi connectivity index (χ2v) is 5.83. The number of hydrogen-bond donors (Lipinski definition) is 1. The molecule has 0 saturated heterocycles. The molecule has 5 heteroatoms. The average Bonchev–Trinajstić information content (AvgIpc) is 2.97. The normalized spacial score (nSPS) is 10.9. The highest BCUT2D eigenvalue weighted by molar-refractivity contribution is 9.10. The predicted octanol–water partition coefficient (Wildman–Crippen LogP) is 4.31. The van der Waals surface area contributed by atoms with Crippen LogP contribution in [0.4, 0.5) is 5.13 Å². The Morgan fingerprint density at radius 1 is 1.33 bits per heavy atom. The molecule has 3 aromatic rings. The van der Waals surface area contributed by atoms with Gasteiger partial charge < -0.3 is 9.73 Å². The lowest BCUT2D eigenvalue weighted by atomic mass is 10.3. The van der Waals surface area contributed by atoms with Gasteiger partial charge in [0.2, 0.25) is 0 Å². The summed E-state index contributed by atoms with van der Waals surface area (Å²) in [5.74, 6) is 0.992. The molecule has 0 aliphatic carbocycles. The first-order chi connectivity index (χ1) is 8.81. The fourth-order valence-corrected chi connectivity index (χ4v) is 2.94. The van der Waals surface area contributed by atoms with Gasteiger partial charge in [0.1, 0.15) is 5.76 Å². The summed E-state index contributed by atoms with van der Waals surface area (Å²) < 4.78 is 7.53. The molecule has 0 atom stereocenters. The Labute approximate surface area is 117 Å². The van der Waals surface area contributed by atoms with Gasteiger partial charge >= 0.3 is 0 Å². The molecule has 0 fully saturated rings. The molecule has 0 aliphatic heterocycles. The van der Waals surface area contributed by atoms with E-state index in [1.807, 2.05) is 24.3 Å². The Bertz CT molecular complexity index is 648. The molecule has 1 aromatic carbocycles. The van der Waals surface area contributed by atoms with Crippen LogP contribution >= 0.6 is 27.3 Å². The van der Waals surface area contributed by atoms with E-state index in [1.165, 1.54) is 4.70 Å². The number of benzene rings is 1. The molecule has 0 unspecified atom stereocenters. The molecule has 92 valence electrons. The number of fused-ring (bicyclic) bond motifs is 1. The van der Waals surface area contributed by atoms with Gasteiger partial charge in [-0.3, -0.25) is 0 Å². The SMILES string of the molecule is Brc1ccc2sc(NCCc3ccco3)nc2c1. The molecule has 2 heterocycles. The molecule has 3 nitrogen and oxygen atoms in total. The average molecular weight is 323 g/mol. The molecule has 3 rings (SSSR count). The summed E-state index contributed by atoms with van der Waals surface area (Å²) in [7, 11) is 0. The van der Waals surface area contributed by atoms with E-state index in [1.54, 1.807) is 17.6 Å². The van der Waals surface area contributed by atoms with Crippen molar-refractivity contribution in [3.05, 3.63) is 46.8 Å². The van der Waals surface area contributed by atoms with Gasteiger partial charge in [-0.15, -0.1) is 0 Å². The topological polar surface area (TPSA) is 38.1 Å². The lowest BCUT2D eigenvalue weighted by Crippen LogP contribution is -2.03.